The summed E-state index contributed by atoms with van der Waals surface area (Å²) in [5, 5.41) is 0. The lowest BCUT2D eigenvalue weighted by atomic mass is 10.2. The number of ether oxygens (including phenoxy) is 2. The molecule has 0 spiro atoms. The van der Waals surface area contributed by atoms with E-state index in [-0.39, 0.29) is 0 Å². The van der Waals surface area contributed by atoms with Gasteiger partial charge in [-0.05, 0) is 22.0 Å². The molecule has 1 fully saturated rings. The van der Waals surface area contributed by atoms with E-state index in [1.165, 1.54) is 7.11 Å². The summed E-state index contributed by atoms with van der Waals surface area (Å²) < 4.78 is 10.9. The molecule has 1 aromatic rings. The topological polar surface area (TPSA) is 51.7 Å². The number of halogens is 1. The van der Waals surface area contributed by atoms with Gasteiger partial charge in [0.05, 0.1) is 26.0 Å². The molecule has 6 heteroatoms. The van der Waals surface area contributed by atoms with Crippen LogP contribution in [0.25, 0.3) is 0 Å². The first-order valence-corrected chi connectivity index (χ1v) is 6.08. The summed E-state index contributed by atoms with van der Waals surface area (Å²) in [6.07, 6.45) is 1.59. The number of anilines is 1. The summed E-state index contributed by atoms with van der Waals surface area (Å²) in [6.45, 7) is 2.82. The number of nitrogens with zero attached hydrogens (tertiary/aromatic N) is 2. The number of methoxy groups -OCH3 is 1. The second kappa shape index (κ2) is 5.46. The van der Waals surface area contributed by atoms with E-state index < -0.39 is 5.97 Å². The summed E-state index contributed by atoms with van der Waals surface area (Å²) in [5.74, 6) is -0.418. The minimum absolute atomic E-state index is 0.345. The van der Waals surface area contributed by atoms with Crippen molar-refractivity contribution in [1.82, 2.24) is 4.98 Å². The van der Waals surface area contributed by atoms with Crippen molar-refractivity contribution in [2.24, 2.45) is 0 Å². The van der Waals surface area contributed by atoms with Crippen LogP contribution in [0, 0.1) is 0 Å². The Kier molecular flexibility index (Phi) is 3.96. The van der Waals surface area contributed by atoms with Gasteiger partial charge in [0.2, 0.25) is 0 Å². The maximum absolute atomic E-state index is 11.6. The third-order valence-electron chi connectivity index (χ3n) is 2.56. The zero-order chi connectivity index (χ0) is 12.3. The molecule has 0 unspecified atom stereocenters. The molecular weight excluding hydrogens is 288 g/mol. The van der Waals surface area contributed by atoms with Crippen molar-refractivity contribution in [3.05, 3.63) is 22.4 Å². The molecule has 0 saturated carbocycles. The fourth-order valence-electron chi connectivity index (χ4n) is 1.73. The largest absolute Gasteiger partial charge is 0.464 e. The minimum Gasteiger partial charge on any atom is -0.464 e. The van der Waals surface area contributed by atoms with E-state index in [0.717, 1.165) is 23.2 Å². The molecule has 5 nitrogen and oxygen atoms in total. The Hall–Kier alpha value is -1.14. The SMILES string of the molecule is COC(=O)c1ncc(Br)cc1N1CCOCC1. The molecule has 0 radical (unpaired) electrons. The van der Waals surface area contributed by atoms with E-state index in [0.29, 0.717) is 18.9 Å². The molecule has 1 aliphatic heterocycles. The highest BCUT2D eigenvalue weighted by Gasteiger charge is 2.20. The van der Waals surface area contributed by atoms with Gasteiger partial charge in [0.15, 0.2) is 5.69 Å². The molecule has 0 bridgehead atoms. The number of carbonyl (C=O) groups excluding carboxylic acids is 1. The molecule has 92 valence electrons. The Morgan fingerprint density at radius 3 is 2.88 bits per heavy atom. The first kappa shape index (κ1) is 12.3. The molecule has 1 aromatic heterocycles. The monoisotopic (exact) mass is 300 g/mol. The number of hydrogen-bond donors (Lipinski definition) is 0. The number of rotatable bonds is 2. The highest BCUT2D eigenvalue weighted by Crippen LogP contribution is 2.24. The second-order valence-electron chi connectivity index (χ2n) is 3.61. The van der Waals surface area contributed by atoms with Gasteiger partial charge in [-0.2, -0.15) is 0 Å². The van der Waals surface area contributed by atoms with Crippen molar-refractivity contribution in [3.63, 3.8) is 0 Å². The van der Waals surface area contributed by atoms with Crippen LogP contribution < -0.4 is 4.90 Å². The van der Waals surface area contributed by atoms with Gasteiger partial charge in [-0.15, -0.1) is 0 Å². The summed E-state index contributed by atoms with van der Waals surface area (Å²) in [5.41, 5.74) is 1.13. The molecule has 0 atom stereocenters. The van der Waals surface area contributed by atoms with Crippen molar-refractivity contribution in [2.45, 2.75) is 0 Å². The third kappa shape index (κ3) is 2.76. The molecule has 17 heavy (non-hydrogen) atoms. The van der Waals surface area contributed by atoms with Crippen molar-refractivity contribution in [2.75, 3.05) is 38.3 Å². The fraction of sp³-hybridized carbons (Fsp3) is 0.455. The Bertz CT molecular complexity index is 419. The maximum Gasteiger partial charge on any atom is 0.358 e. The predicted octanol–water partition coefficient (Wildman–Crippen LogP) is 1.47. The number of aromatic nitrogens is 1. The summed E-state index contributed by atoms with van der Waals surface area (Å²) in [4.78, 5) is 17.8. The molecule has 1 saturated heterocycles. The normalized spacial score (nSPS) is 15.8. The molecule has 2 rings (SSSR count). The van der Waals surface area contributed by atoms with E-state index >= 15 is 0 Å². The van der Waals surface area contributed by atoms with Crippen molar-refractivity contribution in [3.8, 4) is 0 Å². The number of hydrogen-bond acceptors (Lipinski definition) is 5. The quantitative estimate of drug-likeness (QED) is 0.774. The Morgan fingerprint density at radius 2 is 2.24 bits per heavy atom. The third-order valence-corrected chi connectivity index (χ3v) is 3.00. The minimum atomic E-state index is -0.418. The van der Waals surface area contributed by atoms with Gasteiger partial charge < -0.3 is 14.4 Å². The molecule has 0 N–H and O–H groups in total. The first-order valence-electron chi connectivity index (χ1n) is 5.29. The second-order valence-corrected chi connectivity index (χ2v) is 4.53. The van der Waals surface area contributed by atoms with Crippen LogP contribution in [0.2, 0.25) is 0 Å². The average molecular weight is 301 g/mol. The lowest BCUT2D eigenvalue weighted by Crippen LogP contribution is -2.37. The number of morpholine rings is 1. The molecule has 0 amide bonds. The van der Waals surface area contributed by atoms with Crippen LogP contribution in [0.1, 0.15) is 10.5 Å². The first-order chi connectivity index (χ1) is 8.22. The number of pyridine rings is 1. The highest BCUT2D eigenvalue weighted by atomic mass is 79.9. The van der Waals surface area contributed by atoms with E-state index in [2.05, 4.69) is 25.8 Å². The molecular formula is C11H13BrN2O3. The van der Waals surface area contributed by atoms with E-state index in [4.69, 9.17) is 9.47 Å². The van der Waals surface area contributed by atoms with Crippen LogP contribution in [0.3, 0.4) is 0 Å². The molecule has 1 aliphatic rings. The standard InChI is InChI=1S/C11H13BrN2O3/c1-16-11(15)10-9(6-8(12)7-13-10)14-2-4-17-5-3-14/h6-7H,2-5H2,1H3. The van der Waals surface area contributed by atoms with Crippen molar-refractivity contribution >= 4 is 27.6 Å². The summed E-state index contributed by atoms with van der Waals surface area (Å²) in [6, 6.07) is 1.88. The smallest absolute Gasteiger partial charge is 0.358 e. The fourth-order valence-corrected chi connectivity index (χ4v) is 2.05. The Balaban J connectivity index is 2.35. The lowest BCUT2D eigenvalue weighted by Gasteiger charge is -2.29. The van der Waals surface area contributed by atoms with Crippen molar-refractivity contribution in [1.29, 1.82) is 0 Å². The Labute approximate surface area is 108 Å². The van der Waals surface area contributed by atoms with Crippen LogP contribution in [0.5, 0.6) is 0 Å². The van der Waals surface area contributed by atoms with Gasteiger partial charge in [0.25, 0.3) is 0 Å². The Morgan fingerprint density at radius 1 is 1.53 bits per heavy atom. The van der Waals surface area contributed by atoms with Crippen LogP contribution >= 0.6 is 15.9 Å². The number of esters is 1. The molecule has 2 heterocycles. The maximum atomic E-state index is 11.6. The van der Waals surface area contributed by atoms with Crippen LogP contribution in [-0.4, -0.2) is 44.4 Å². The van der Waals surface area contributed by atoms with E-state index in [9.17, 15) is 4.79 Å². The lowest BCUT2D eigenvalue weighted by molar-refractivity contribution is 0.0593. The van der Waals surface area contributed by atoms with Gasteiger partial charge >= 0.3 is 5.97 Å². The molecule has 0 aliphatic carbocycles. The van der Waals surface area contributed by atoms with Gasteiger partial charge in [0, 0.05) is 23.8 Å². The number of carbonyl (C=O) groups is 1. The van der Waals surface area contributed by atoms with Gasteiger partial charge in [0.1, 0.15) is 0 Å². The predicted molar refractivity (Wildman–Crippen MR) is 66.3 cm³/mol. The average Bonchev–Trinajstić information content (AvgIpc) is 2.39. The summed E-state index contributed by atoms with van der Waals surface area (Å²) >= 11 is 3.36. The zero-order valence-electron chi connectivity index (χ0n) is 9.48. The van der Waals surface area contributed by atoms with Crippen LogP contribution in [-0.2, 0) is 9.47 Å². The van der Waals surface area contributed by atoms with E-state index in [1.54, 1.807) is 6.20 Å². The van der Waals surface area contributed by atoms with Crippen LogP contribution in [0.4, 0.5) is 5.69 Å². The summed E-state index contributed by atoms with van der Waals surface area (Å²) in [7, 11) is 1.36. The van der Waals surface area contributed by atoms with Gasteiger partial charge in [-0.1, -0.05) is 0 Å². The molecule has 0 aromatic carbocycles. The van der Waals surface area contributed by atoms with Gasteiger partial charge in [-0.25, -0.2) is 9.78 Å². The van der Waals surface area contributed by atoms with Crippen molar-refractivity contribution < 1.29 is 14.3 Å². The van der Waals surface area contributed by atoms with Crippen LogP contribution in [0.15, 0.2) is 16.7 Å². The zero-order valence-corrected chi connectivity index (χ0v) is 11.1. The van der Waals surface area contributed by atoms with Gasteiger partial charge in [-0.3, -0.25) is 0 Å². The van der Waals surface area contributed by atoms with E-state index in [1.807, 2.05) is 6.07 Å². The highest BCUT2D eigenvalue weighted by molar-refractivity contribution is 9.10.